The molecule has 0 saturated heterocycles. The first kappa shape index (κ1) is 25.2. The molecule has 1 amide bonds. The molecule has 0 aliphatic rings. The maximum absolute atomic E-state index is 13.3. The zero-order chi connectivity index (χ0) is 27.0. The molecule has 11 heteroatoms. The van der Waals surface area contributed by atoms with E-state index < -0.39 is 23.8 Å². The first-order valence-corrected chi connectivity index (χ1v) is 11.6. The highest BCUT2D eigenvalue weighted by molar-refractivity contribution is 5.98. The van der Waals surface area contributed by atoms with Crippen molar-refractivity contribution in [2.75, 3.05) is 7.11 Å². The number of carbonyl (C=O) groups is 1. The number of benzene rings is 2. The number of hydrogen-bond acceptors (Lipinski definition) is 7. The van der Waals surface area contributed by atoms with Crippen LogP contribution < -0.4 is 15.8 Å². The van der Waals surface area contributed by atoms with Gasteiger partial charge in [-0.1, -0.05) is 18.2 Å². The molecule has 3 N–H and O–H groups in total. The molecule has 0 fully saturated rings. The van der Waals surface area contributed by atoms with Crippen molar-refractivity contribution in [2.45, 2.75) is 25.7 Å². The van der Waals surface area contributed by atoms with Crippen molar-refractivity contribution in [2.24, 2.45) is 5.73 Å². The molecule has 0 aliphatic carbocycles. The van der Waals surface area contributed by atoms with Crippen molar-refractivity contribution < 1.29 is 27.1 Å². The Morgan fingerprint density at radius 1 is 1.08 bits per heavy atom. The number of halogens is 3. The number of methoxy groups -OCH3 is 1. The molecule has 8 nitrogen and oxygen atoms in total. The van der Waals surface area contributed by atoms with Crippen LogP contribution >= 0.6 is 0 Å². The van der Waals surface area contributed by atoms with Gasteiger partial charge < -0.3 is 20.2 Å². The van der Waals surface area contributed by atoms with Crippen LogP contribution in [0.3, 0.4) is 0 Å². The summed E-state index contributed by atoms with van der Waals surface area (Å²) in [5.74, 6) is -0.202. The van der Waals surface area contributed by atoms with Crippen molar-refractivity contribution in [1.82, 2.24) is 20.3 Å². The highest BCUT2D eigenvalue weighted by Gasteiger charge is 2.33. The minimum atomic E-state index is -4.63. The predicted molar refractivity (Wildman–Crippen MR) is 134 cm³/mol. The number of rotatable bonds is 6. The van der Waals surface area contributed by atoms with Gasteiger partial charge >= 0.3 is 6.18 Å². The van der Waals surface area contributed by atoms with Crippen molar-refractivity contribution in [3.8, 4) is 17.2 Å². The second kappa shape index (κ2) is 9.75. The summed E-state index contributed by atoms with van der Waals surface area (Å²) in [4.78, 5) is 25.7. The standard InChI is InChI=1S/C27H22F3N5O3/c1-14(31)24-23(25(36)33-13-15-5-3-7-19-16(15)6-4-12-32-19)35-26(38-24)18-8-10-20(37-2)22-17(18)9-11-21(34-22)27(28,29)30/h3-12,14H,13,31H2,1-2H3,(H,33,36)/t14-/m0/s1. The first-order valence-electron chi connectivity index (χ1n) is 11.6. The Morgan fingerprint density at radius 2 is 1.89 bits per heavy atom. The second-order valence-electron chi connectivity index (χ2n) is 8.60. The van der Waals surface area contributed by atoms with Gasteiger partial charge in [-0.2, -0.15) is 13.2 Å². The van der Waals surface area contributed by atoms with Crippen molar-refractivity contribution in [3.63, 3.8) is 0 Å². The van der Waals surface area contributed by atoms with Crippen LogP contribution in [0.5, 0.6) is 5.75 Å². The molecule has 3 heterocycles. The molecular formula is C27H22F3N5O3. The van der Waals surface area contributed by atoms with Crippen LogP contribution in [0.25, 0.3) is 33.3 Å². The van der Waals surface area contributed by atoms with E-state index in [1.54, 1.807) is 19.2 Å². The topological polar surface area (TPSA) is 116 Å². The summed E-state index contributed by atoms with van der Waals surface area (Å²) in [6.45, 7) is 1.85. The smallest absolute Gasteiger partial charge is 0.433 e. The number of amides is 1. The van der Waals surface area contributed by atoms with Crippen LogP contribution in [0, 0.1) is 0 Å². The fourth-order valence-electron chi connectivity index (χ4n) is 4.20. The third-order valence-electron chi connectivity index (χ3n) is 6.02. The largest absolute Gasteiger partial charge is 0.494 e. The third kappa shape index (κ3) is 4.63. The fourth-order valence-corrected chi connectivity index (χ4v) is 4.20. The lowest BCUT2D eigenvalue weighted by Crippen LogP contribution is -2.25. The number of nitrogens with zero attached hydrogens (tertiary/aromatic N) is 3. The van der Waals surface area contributed by atoms with Crippen LogP contribution in [0.4, 0.5) is 13.2 Å². The summed E-state index contributed by atoms with van der Waals surface area (Å²) < 4.78 is 51.0. The monoisotopic (exact) mass is 521 g/mol. The van der Waals surface area contributed by atoms with Crippen molar-refractivity contribution >= 4 is 27.7 Å². The van der Waals surface area contributed by atoms with Gasteiger partial charge in [-0.25, -0.2) is 9.97 Å². The molecule has 0 saturated carbocycles. The van der Waals surface area contributed by atoms with Gasteiger partial charge in [0.15, 0.2) is 11.5 Å². The Hall–Kier alpha value is -4.51. The van der Waals surface area contributed by atoms with Crippen LogP contribution in [0.1, 0.15) is 40.5 Å². The molecule has 0 bridgehead atoms. The number of nitrogens with one attached hydrogen (secondary N) is 1. The molecule has 5 aromatic rings. The lowest BCUT2D eigenvalue weighted by Gasteiger charge is -2.11. The minimum Gasteiger partial charge on any atom is -0.494 e. The van der Waals surface area contributed by atoms with E-state index >= 15 is 0 Å². The Kier molecular flexibility index (Phi) is 6.45. The third-order valence-corrected chi connectivity index (χ3v) is 6.02. The number of ether oxygens (including phenoxy) is 1. The van der Waals surface area contributed by atoms with Gasteiger partial charge in [0.05, 0.1) is 18.7 Å². The van der Waals surface area contributed by atoms with Gasteiger partial charge in [0.1, 0.15) is 17.0 Å². The Balaban J connectivity index is 1.52. The average Bonchev–Trinajstić information content (AvgIpc) is 3.36. The highest BCUT2D eigenvalue weighted by atomic mass is 19.4. The van der Waals surface area contributed by atoms with E-state index in [4.69, 9.17) is 14.9 Å². The highest BCUT2D eigenvalue weighted by Crippen LogP contribution is 2.37. The number of nitrogens with two attached hydrogens (primary N) is 1. The minimum absolute atomic E-state index is 0.0165. The van der Waals surface area contributed by atoms with Crippen molar-refractivity contribution in [3.05, 3.63) is 83.5 Å². The maximum Gasteiger partial charge on any atom is 0.433 e. The maximum atomic E-state index is 13.3. The summed E-state index contributed by atoms with van der Waals surface area (Å²) in [5.41, 5.74) is 6.97. The van der Waals surface area contributed by atoms with Crippen LogP contribution in [-0.2, 0) is 12.7 Å². The van der Waals surface area contributed by atoms with E-state index in [9.17, 15) is 18.0 Å². The van der Waals surface area contributed by atoms with E-state index in [-0.39, 0.29) is 35.2 Å². The Bertz CT molecular complexity index is 1660. The van der Waals surface area contributed by atoms with Crippen molar-refractivity contribution in [1.29, 1.82) is 0 Å². The number of pyridine rings is 2. The number of aromatic nitrogens is 3. The van der Waals surface area contributed by atoms with Gasteiger partial charge in [0.25, 0.3) is 5.91 Å². The summed E-state index contributed by atoms with van der Waals surface area (Å²) in [7, 11) is 1.34. The molecule has 38 heavy (non-hydrogen) atoms. The molecular weight excluding hydrogens is 499 g/mol. The molecule has 0 unspecified atom stereocenters. The SMILES string of the molecule is COc1ccc(-c2nc(C(=O)NCc3cccc4ncccc34)c([C@H](C)N)o2)c2ccc(C(F)(F)F)nc12. The van der Waals surface area contributed by atoms with Gasteiger partial charge in [0.2, 0.25) is 5.89 Å². The Labute approximate surface area is 214 Å². The zero-order valence-corrected chi connectivity index (χ0v) is 20.3. The lowest BCUT2D eigenvalue weighted by atomic mass is 10.1. The van der Waals surface area contributed by atoms with E-state index in [1.165, 1.54) is 19.2 Å². The van der Waals surface area contributed by atoms with Gasteiger partial charge in [0, 0.05) is 29.1 Å². The number of oxazole rings is 1. The van der Waals surface area contributed by atoms with Crippen LogP contribution in [0.2, 0.25) is 0 Å². The molecule has 0 spiro atoms. The van der Waals surface area contributed by atoms with Crippen LogP contribution in [0.15, 0.2) is 65.2 Å². The van der Waals surface area contributed by atoms with Gasteiger partial charge in [-0.3, -0.25) is 9.78 Å². The number of fused-ring (bicyclic) bond motifs is 2. The summed E-state index contributed by atoms with van der Waals surface area (Å²) in [6, 6.07) is 13.9. The van der Waals surface area contributed by atoms with Gasteiger partial charge in [-0.15, -0.1) is 0 Å². The fraction of sp³-hybridized carbons (Fsp3) is 0.185. The summed E-state index contributed by atoms with van der Waals surface area (Å²) >= 11 is 0. The average molecular weight is 521 g/mol. The summed E-state index contributed by atoms with van der Waals surface area (Å²) in [5, 5.41) is 4.06. The molecule has 194 valence electrons. The predicted octanol–water partition coefficient (Wildman–Crippen LogP) is 5.42. The zero-order valence-electron chi connectivity index (χ0n) is 20.3. The van der Waals surface area contributed by atoms with Gasteiger partial charge in [-0.05, 0) is 48.9 Å². The molecule has 0 radical (unpaired) electrons. The van der Waals surface area contributed by atoms with E-state index in [1.807, 2.05) is 30.3 Å². The first-order chi connectivity index (χ1) is 18.2. The van der Waals surface area contributed by atoms with Crippen LogP contribution in [-0.4, -0.2) is 28.0 Å². The molecule has 5 rings (SSSR count). The van der Waals surface area contributed by atoms with E-state index in [0.29, 0.717) is 10.9 Å². The van der Waals surface area contributed by atoms with E-state index in [0.717, 1.165) is 22.5 Å². The molecule has 0 aliphatic heterocycles. The lowest BCUT2D eigenvalue weighted by molar-refractivity contribution is -0.140. The molecule has 3 aromatic heterocycles. The Morgan fingerprint density at radius 3 is 2.63 bits per heavy atom. The number of alkyl halides is 3. The number of hydrogen-bond donors (Lipinski definition) is 2. The number of carbonyl (C=O) groups excluding carboxylic acids is 1. The van der Waals surface area contributed by atoms with E-state index in [2.05, 4.69) is 20.3 Å². The molecule has 1 atom stereocenters. The quantitative estimate of drug-likeness (QED) is 0.307. The normalized spacial score (nSPS) is 12.6. The second-order valence-corrected chi connectivity index (χ2v) is 8.60. The molecule has 2 aromatic carbocycles. The summed E-state index contributed by atoms with van der Waals surface area (Å²) in [6.07, 6.45) is -2.94.